The Bertz CT molecular complexity index is 794. The molecule has 1 aliphatic heterocycles. The van der Waals surface area contributed by atoms with Gasteiger partial charge in [-0.2, -0.15) is 0 Å². The first-order valence-electron chi connectivity index (χ1n) is 9.14. The molecule has 0 amide bonds. The number of hydrogen-bond acceptors (Lipinski definition) is 5. The highest BCUT2D eigenvalue weighted by Crippen LogP contribution is 2.27. The van der Waals surface area contributed by atoms with Gasteiger partial charge in [0.15, 0.2) is 17.5 Å². The summed E-state index contributed by atoms with van der Waals surface area (Å²) in [7, 11) is 3.23. The van der Waals surface area contributed by atoms with Crippen LogP contribution in [0.3, 0.4) is 0 Å². The van der Waals surface area contributed by atoms with Crippen LogP contribution in [0.15, 0.2) is 41.5 Å². The van der Waals surface area contributed by atoms with E-state index < -0.39 is 0 Å². The number of pyridine rings is 1. The van der Waals surface area contributed by atoms with Gasteiger partial charge in [0.25, 0.3) is 0 Å². The Morgan fingerprint density at radius 3 is 2.57 bits per heavy atom. The second kappa shape index (κ2) is 10.9. The van der Waals surface area contributed by atoms with E-state index in [1.807, 2.05) is 30.5 Å². The molecule has 1 aliphatic rings. The lowest BCUT2D eigenvalue weighted by Crippen LogP contribution is -2.31. The quantitative estimate of drug-likeness (QED) is 0.348. The maximum absolute atomic E-state index is 6.01. The number of nitrogens with zero attached hydrogens (tertiary/aromatic N) is 3. The fourth-order valence-corrected chi connectivity index (χ4v) is 3.09. The van der Waals surface area contributed by atoms with E-state index in [9.17, 15) is 0 Å². The minimum atomic E-state index is 0. The molecule has 0 radical (unpaired) electrons. The summed E-state index contributed by atoms with van der Waals surface area (Å²) >= 11 is 0. The highest BCUT2D eigenvalue weighted by molar-refractivity contribution is 14.0. The molecule has 0 atom stereocenters. The van der Waals surface area contributed by atoms with Crippen molar-refractivity contribution in [1.29, 1.82) is 0 Å². The largest absolute Gasteiger partial charge is 0.493 e. The van der Waals surface area contributed by atoms with Crippen molar-refractivity contribution in [2.75, 3.05) is 32.2 Å². The molecule has 1 aromatic carbocycles. The zero-order valence-electron chi connectivity index (χ0n) is 16.4. The van der Waals surface area contributed by atoms with Crippen LogP contribution in [0.4, 0.5) is 5.82 Å². The van der Waals surface area contributed by atoms with Crippen LogP contribution < -0.4 is 25.4 Å². The molecule has 1 saturated heterocycles. The number of rotatable bonds is 7. The highest BCUT2D eigenvalue weighted by atomic mass is 127. The molecule has 152 valence electrons. The summed E-state index contributed by atoms with van der Waals surface area (Å²) in [5, 5.41) is 3.16. The molecule has 0 bridgehead atoms. The number of aliphatic imine (C=N–C) groups is 1. The first kappa shape index (κ1) is 22.1. The Morgan fingerprint density at radius 1 is 1.11 bits per heavy atom. The first-order chi connectivity index (χ1) is 13.2. The van der Waals surface area contributed by atoms with Crippen LogP contribution >= 0.6 is 24.0 Å². The minimum Gasteiger partial charge on any atom is -0.493 e. The zero-order chi connectivity index (χ0) is 19.1. The predicted octanol–water partition coefficient (Wildman–Crippen LogP) is 2.92. The molecule has 2 aromatic rings. The number of anilines is 1. The molecule has 8 heteroatoms. The van der Waals surface area contributed by atoms with Crippen molar-refractivity contribution in [3.05, 3.63) is 47.7 Å². The van der Waals surface area contributed by atoms with Crippen LogP contribution in [0, 0.1) is 0 Å². The summed E-state index contributed by atoms with van der Waals surface area (Å²) in [6.45, 7) is 3.25. The van der Waals surface area contributed by atoms with E-state index in [1.54, 1.807) is 14.2 Å². The van der Waals surface area contributed by atoms with Crippen LogP contribution in [0.5, 0.6) is 11.5 Å². The van der Waals surface area contributed by atoms with E-state index in [0.717, 1.165) is 30.0 Å². The molecule has 28 heavy (non-hydrogen) atoms. The summed E-state index contributed by atoms with van der Waals surface area (Å²) in [6, 6.07) is 9.82. The van der Waals surface area contributed by atoms with Gasteiger partial charge in [0.1, 0.15) is 5.82 Å². The minimum absolute atomic E-state index is 0. The summed E-state index contributed by atoms with van der Waals surface area (Å²) in [6.07, 6.45) is 4.32. The van der Waals surface area contributed by atoms with Crippen molar-refractivity contribution in [3.63, 3.8) is 0 Å². The Balaban J connectivity index is 0.00000280. The summed E-state index contributed by atoms with van der Waals surface area (Å²) in [5.74, 6) is 2.82. The van der Waals surface area contributed by atoms with Gasteiger partial charge >= 0.3 is 0 Å². The van der Waals surface area contributed by atoms with E-state index in [1.165, 1.54) is 12.8 Å². The van der Waals surface area contributed by atoms with Crippen LogP contribution in [-0.2, 0) is 13.1 Å². The fourth-order valence-electron chi connectivity index (χ4n) is 3.09. The number of guanidine groups is 1. The Labute approximate surface area is 183 Å². The fraction of sp³-hybridized carbons (Fsp3) is 0.400. The third kappa shape index (κ3) is 5.88. The number of halogens is 1. The smallest absolute Gasteiger partial charge is 0.189 e. The van der Waals surface area contributed by atoms with Gasteiger partial charge < -0.3 is 25.4 Å². The second-order valence-corrected chi connectivity index (χ2v) is 6.46. The van der Waals surface area contributed by atoms with Crippen LogP contribution in [0.25, 0.3) is 0 Å². The maximum atomic E-state index is 6.01. The van der Waals surface area contributed by atoms with E-state index in [2.05, 4.69) is 26.3 Å². The third-order valence-corrected chi connectivity index (χ3v) is 4.59. The summed E-state index contributed by atoms with van der Waals surface area (Å²) in [5.41, 5.74) is 8.15. The molecule has 7 nitrogen and oxygen atoms in total. The van der Waals surface area contributed by atoms with Crippen molar-refractivity contribution in [2.24, 2.45) is 10.7 Å². The lowest BCUT2D eigenvalue weighted by Gasteiger charge is -2.17. The molecule has 0 spiro atoms. The molecule has 1 fully saturated rings. The molecule has 0 saturated carbocycles. The van der Waals surface area contributed by atoms with Crippen LogP contribution in [0.2, 0.25) is 0 Å². The van der Waals surface area contributed by atoms with E-state index in [4.69, 9.17) is 15.2 Å². The third-order valence-electron chi connectivity index (χ3n) is 4.59. The molecule has 3 N–H and O–H groups in total. The van der Waals surface area contributed by atoms with Crippen molar-refractivity contribution in [1.82, 2.24) is 10.3 Å². The lowest BCUT2D eigenvalue weighted by molar-refractivity contribution is 0.354. The molecule has 0 unspecified atom stereocenters. The molecular formula is C20H28IN5O2. The SMILES string of the molecule is COc1ccc(CN=C(N)NCc2ccnc(N3CCCC3)c2)cc1OC.I. The predicted molar refractivity (Wildman–Crippen MR) is 123 cm³/mol. The normalized spacial score (nSPS) is 13.8. The van der Waals surface area contributed by atoms with Crippen molar-refractivity contribution in [3.8, 4) is 11.5 Å². The number of ether oxygens (including phenoxy) is 2. The first-order valence-corrected chi connectivity index (χ1v) is 9.14. The van der Waals surface area contributed by atoms with Gasteiger partial charge in [-0.05, 0) is 48.2 Å². The van der Waals surface area contributed by atoms with Gasteiger partial charge in [-0.1, -0.05) is 6.07 Å². The number of hydrogen-bond donors (Lipinski definition) is 2. The number of nitrogens with two attached hydrogens (primary N) is 1. The molecule has 1 aromatic heterocycles. The van der Waals surface area contributed by atoms with E-state index >= 15 is 0 Å². The monoisotopic (exact) mass is 497 g/mol. The van der Waals surface area contributed by atoms with Gasteiger partial charge in [-0.25, -0.2) is 9.98 Å². The summed E-state index contributed by atoms with van der Waals surface area (Å²) < 4.78 is 10.6. The van der Waals surface area contributed by atoms with Crippen LogP contribution in [0.1, 0.15) is 24.0 Å². The van der Waals surface area contributed by atoms with Crippen molar-refractivity contribution < 1.29 is 9.47 Å². The lowest BCUT2D eigenvalue weighted by atomic mass is 10.2. The number of benzene rings is 1. The Hall–Kier alpha value is -2.23. The Morgan fingerprint density at radius 2 is 1.86 bits per heavy atom. The number of aromatic nitrogens is 1. The van der Waals surface area contributed by atoms with Gasteiger partial charge in [0.05, 0.1) is 20.8 Å². The standard InChI is InChI=1S/C20H27N5O2.HI/c1-26-17-6-5-15(11-18(17)27-2)13-23-20(21)24-14-16-7-8-22-19(12-16)25-9-3-4-10-25;/h5-8,11-12H,3-4,9-10,13-14H2,1-2H3,(H3,21,23,24);1H. The molecular weight excluding hydrogens is 469 g/mol. The zero-order valence-corrected chi connectivity index (χ0v) is 18.7. The van der Waals surface area contributed by atoms with Crippen molar-refractivity contribution >= 4 is 35.8 Å². The van der Waals surface area contributed by atoms with E-state index in [0.29, 0.717) is 30.5 Å². The molecule has 3 rings (SSSR count). The average molecular weight is 497 g/mol. The van der Waals surface area contributed by atoms with Crippen LogP contribution in [-0.4, -0.2) is 38.3 Å². The average Bonchev–Trinajstić information content (AvgIpc) is 3.25. The van der Waals surface area contributed by atoms with Gasteiger partial charge in [-0.3, -0.25) is 0 Å². The number of methoxy groups -OCH3 is 2. The topological polar surface area (TPSA) is 85.0 Å². The number of nitrogens with one attached hydrogen (secondary N) is 1. The molecule has 0 aliphatic carbocycles. The second-order valence-electron chi connectivity index (χ2n) is 6.46. The molecule has 2 heterocycles. The van der Waals surface area contributed by atoms with Gasteiger partial charge in [-0.15, -0.1) is 24.0 Å². The van der Waals surface area contributed by atoms with E-state index in [-0.39, 0.29) is 24.0 Å². The maximum Gasteiger partial charge on any atom is 0.189 e. The Kier molecular flexibility index (Phi) is 8.62. The van der Waals surface area contributed by atoms with Gasteiger partial charge in [0.2, 0.25) is 0 Å². The van der Waals surface area contributed by atoms with Gasteiger partial charge in [0, 0.05) is 25.8 Å². The van der Waals surface area contributed by atoms with Crippen molar-refractivity contribution in [2.45, 2.75) is 25.9 Å². The highest BCUT2D eigenvalue weighted by Gasteiger charge is 2.13. The summed E-state index contributed by atoms with van der Waals surface area (Å²) in [4.78, 5) is 11.2.